The van der Waals surface area contributed by atoms with Crippen LogP contribution in [0, 0.1) is 0 Å². The number of aromatic nitrogens is 3. The van der Waals surface area contributed by atoms with Gasteiger partial charge in [-0.15, -0.1) is 5.10 Å². The van der Waals surface area contributed by atoms with Gasteiger partial charge in [-0.1, -0.05) is 18.7 Å². The standard InChI is InChI=1S/C21H26N4O5S/c1-5-24(6-2)31(27,28)18-9-10-19-20(13-18)25(23-22-19)30-14-17-12-16(15(4)26)8-11-21(17)29-7-3/h8-13H,5-7,14H2,1-4H3. The summed E-state index contributed by atoms with van der Waals surface area (Å²) in [5.74, 6) is 0.531. The number of ketones is 1. The second kappa shape index (κ2) is 9.44. The zero-order valence-corrected chi connectivity index (χ0v) is 18.8. The first-order valence-electron chi connectivity index (χ1n) is 10.1. The zero-order valence-electron chi connectivity index (χ0n) is 18.0. The molecule has 10 heteroatoms. The van der Waals surface area contributed by atoms with Gasteiger partial charge < -0.3 is 9.57 Å². The summed E-state index contributed by atoms with van der Waals surface area (Å²) in [5.41, 5.74) is 2.14. The number of ether oxygens (including phenoxy) is 1. The van der Waals surface area contributed by atoms with Gasteiger partial charge in [-0.2, -0.15) is 4.31 Å². The topological polar surface area (TPSA) is 104 Å². The van der Waals surface area contributed by atoms with E-state index < -0.39 is 10.0 Å². The van der Waals surface area contributed by atoms with Crippen LogP contribution in [0.2, 0.25) is 0 Å². The van der Waals surface area contributed by atoms with Crippen molar-refractivity contribution in [3.05, 3.63) is 47.5 Å². The van der Waals surface area contributed by atoms with Crippen molar-refractivity contribution in [2.45, 2.75) is 39.2 Å². The molecule has 0 unspecified atom stereocenters. The average Bonchev–Trinajstić information content (AvgIpc) is 3.16. The van der Waals surface area contributed by atoms with Crippen LogP contribution in [0.15, 0.2) is 41.3 Å². The minimum absolute atomic E-state index is 0.0575. The Kier molecular flexibility index (Phi) is 6.91. The summed E-state index contributed by atoms with van der Waals surface area (Å²) in [6.45, 7) is 8.21. The normalized spacial score (nSPS) is 11.8. The van der Waals surface area contributed by atoms with Gasteiger partial charge in [0.25, 0.3) is 0 Å². The van der Waals surface area contributed by atoms with Crippen molar-refractivity contribution in [3.63, 3.8) is 0 Å². The summed E-state index contributed by atoms with van der Waals surface area (Å²) in [6, 6.07) is 9.75. The van der Waals surface area contributed by atoms with Gasteiger partial charge >= 0.3 is 0 Å². The van der Waals surface area contributed by atoms with Crippen LogP contribution >= 0.6 is 0 Å². The summed E-state index contributed by atoms with van der Waals surface area (Å²) in [6.07, 6.45) is 0. The summed E-state index contributed by atoms with van der Waals surface area (Å²) >= 11 is 0. The van der Waals surface area contributed by atoms with Gasteiger partial charge in [-0.3, -0.25) is 4.79 Å². The molecular formula is C21H26N4O5S. The van der Waals surface area contributed by atoms with E-state index in [-0.39, 0.29) is 17.3 Å². The smallest absolute Gasteiger partial charge is 0.243 e. The summed E-state index contributed by atoms with van der Waals surface area (Å²) in [5, 5.41) is 8.02. The first kappa shape index (κ1) is 22.7. The summed E-state index contributed by atoms with van der Waals surface area (Å²) in [7, 11) is -3.63. The average molecular weight is 447 g/mol. The van der Waals surface area contributed by atoms with Gasteiger partial charge in [0, 0.05) is 24.2 Å². The van der Waals surface area contributed by atoms with Gasteiger partial charge in [0.2, 0.25) is 10.0 Å². The van der Waals surface area contributed by atoms with Crippen molar-refractivity contribution in [2.24, 2.45) is 0 Å². The van der Waals surface area contributed by atoms with E-state index in [1.54, 1.807) is 38.1 Å². The minimum atomic E-state index is -3.63. The molecule has 0 fully saturated rings. The third-order valence-corrected chi connectivity index (χ3v) is 6.88. The number of hydrogen-bond acceptors (Lipinski definition) is 7. The summed E-state index contributed by atoms with van der Waals surface area (Å²) in [4.78, 5) is 18.9. The lowest BCUT2D eigenvalue weighted by Crippen LogP contribution is -2.30. The number of benzene rings is 2. The highest BCUT2D eigenvalue weighted by Crippen LogP contribution is 2.23. The Balaban J connectivity index is 1.93. The molecule has 0 aliphatic heterocycles. The van der Waals surface area contributed by atoms with Crippen molar-refractivity contribution in [1.29, 1.82) is 0 Å². The van der Waals surface area contributed by atoms with Crippen LogP contribution in [-0.4, -0.2) is 53.4 Å². The van der Waals surface area contributed by atoms with E-state index >= 15 is 0 Å². The largest absolute Gasteiger partial charge is 0.493 e. The van der Waals surface area contributed by atoms with E-state index in [4.69, 9.17) is 9.57 Å². The molecule has 31 heavy (non-hydrogen) atoms. The van der Waals surface area contributed by atoms with Crippen LogP contribution in [0.4, 0.5) is 0 Å². The molecule has 0 N–H and O–H groups in total. The van der Waals surface area contributed by atoms with Gasteiger partial charge in [-0.05, 0) is 55.5 Å². The minimum Gasteiger partial charge on any atom is -0.493 e. The van der Waals surface area contributed by atoms with Crippen molar-refractivity contribution >= 4 is 26.8 Å². The second-order valence-corrected chi connectivity index (χ2v) is 8.73. The Bertz CT molecular complexity index is 1190. The highest BCUT2D eigenvalue weighted by molar-refractivity contribution is 7.89. The van der Waals surface area contributed by atoms with E-state index in [0.717, 1.165) is 0 Å². The maximum absolute atomic E-state index is 12.9. The van der Waals surface area contributed by atoms with Gasteiger partial charge in [-0.25, -0.2) is 8.42 Å². The Morgan fingerprint density at radius 2 is 1.84 bits per heavy atom. The fourth-order valence-corrected chi connectivity index (χ4v) is 4.66. The molecule has 3 aromatic rings. The third-order valence-electron chi connectivity index (χ3n) is 4.84. The molecule has 9 nitrogen and oxygen atoms in total. The number of carbonyl (C=O) groups is 1. The number of sulfonamides is 1. The fourth-order valence-electron chi connectivity index (χ4n) is 3.18. The van der Waals surface area contributed by atoms with Crippen LogP contribution in [0.25, 0.3) is 11.0 Å². The van der Waals surface area contributed by atoms with E-state index in [2.05, 4.69) is 10.3 Å². The first-order valence-corrected chi connectivity index (χ1v) is 11.5. The summed E-state index contributed by atoms with van der Waals surface area (Å²) < 4.78 is 32.7. The molecule has 1 aromatic heterocycles. The third kappa shape index (κ3) is 4.70. The Morgan fingerprint density at radius 1 is 1.10 bits per heavy atom. The Labute approximate surface area is 181 Å². The number of rotatable bonds is 10. The van der Waals surface area contributed by atoms with Crippen LogP contribution in [0.5, 0.6) is 5.75 Å². The number of hydrogen-bond donors (Lipinski definition) is 0. The van der Waals surface area contributed by atoms with Crippen LogP contribution in [0.1, 0.15) is 43.6 Å². The van der Waals surface area contributed by atoms with Gasteiger partial charge in [0.1, 0.15) is 23.4 Å². The molecule has 1 heterocycles. The van der Waals surface area contributed by atoms with E-state index in [1.165, 1.54) is 28.2 Å². The number of fused-ring (bicyclic) bond motifs is 1. The number of nitrogens with zero attached hydrogens (tertiary/aromatic N) is 4. The molecule has 0 spiro atoms. The highest BCUT2D eigenvalue weighted by Gasteiger charge is 2.23. The van der Waals surface area contributed by atoms with Crippen LogP contribution in [-0.2, 0) is 16.6 Å². The predicted molar refractivity (Wildman–Crippen MR) is 116 cm³/mol. The predicted octanol–water partition coefficient (Wildman–Crippen LogP) is 2.69. The van der Waals surface area contributed by atoms with Crippen LogP contribution in [0.3, 0.4) is 0 Å². The van der Waals surface area contributed by atoms with Gasteiger partial charge in [0.15, 0.2) is 5.78 Å². The lowest BCUT2D eigenvalue weighted by atomic mass is 10.1. The van der Waals surface area contributed by atoms with E-state index in [1.807, 2.05) is 6.92 Å². The lowest BCUT2D eigenvalue weighted by Gasteiger charge is -2.18. The van der Waals surface area contributed by atoms with Crippen LogP contribution < -0.4 is 9.57 Å². The van der Waals surface area contributed by atoms with Crippen molar-refractivity contribution < 1.29 is 22.8 Å². The highest BCUT2D eigenvalue weighted by atomic mass is 32.2. The first-order chi connectivity index (χ1) is 14.8. The molecule has 0 radical (unpaired) electrons. The fraction of sp³-hybridized carbons (Fsp3) is 0.381. The molecule has 0 aliphatic rings. The Hall–Kier alpha value is -2.98. The lowest BCUT2D eigenvalue weighted by molar-refractivity contribution is 0.0734. The molecule has 0 saturated heterocycles. The Morgan fingerprint density at radius 3 is 2.48 bits per heavy atom. The van der Waals surface area contributed by atoms with E-state index in [0.29, 0.717) is 47.6 Å². The molecule has 0 aliphatic carbocycles. The SMILES string of the molecule is CCOc1ccc(C(C)=O)cc1COn1nnc2ccc(S(=O)(=O)N(CC)CC)cc21. The molecule has 0 atom stereocenters. The van der Waals surface area contributed by atoms with E-state index in [9.17, 15) is 13.2 Å². The number of Topliss-reactive ketones (excluding diaryl/α,β-unsaturated/α-hetero) is 1. The molecule has 0 bridgehead atoms. The molecule has 0 saturated carbocycles. The monoisotopic (exact) mass is 446 g/mol. The van der Waals surface area contributed by atoms with Crippen molar-refractivity contribution in [3.8, 4) is 5.75 Å². The molecule has 3 rings (SSSR count). The maximum atomic E-state index is 12.9. The molecule has 0 amide bonds. The van der Waals surface area contributed by atoms with Crippen molar-refractivity contribution in [1.82, 2.24) is 19.5 Å². The van der Waals surface area contributed by atoms with Gasteiger partial charge in [0.05, 0.1) is 11.5 Å². The van der Waals surface area contributed by atoms with Crippen molar-refractivity contribution in [2.75, 3.05) is 19.7 Å². The quantitative estimate of drug-likeness (QED) is 0.441. The number of carbonyl (C=O) groups excluding carboxylic acids is 1. The maximum Gasteiger partial charge on any atom is 0.243 e. The second-order valence-electron chi connectivity index (χ2n) is 6.79. The zero-order chi connectivity index (χ0) is 22.6. The molecular weight excluding hydrogens is 420 g/mol. The molecule has 166 valence electrons. The molecule has 2 aromatic carbocycles.